The van der Waals surface area contributed by atoms with Crippen LogP contribution in [0.4, 0.5) is 4.79 Å². The number of methoxy groups -OCH3 is 1. The van der Waals surface area contributed by atoms with Gasteiger partial charge in [0.05, 0.1) is 12.6 Å². The van der Waals surface area contributed by atoms with Crippen LogP contribution in [-0.4, -0.2) is 62.3 Å². The molecule has 2 heterocycles. The molecule has 25 heavy (non-hydrogen) atoms. The van der Waals surface area contributed by atoms with Crippen molar-refractivity contribution in [1.82, 2.24) is 15.1 Å². The number of likely N-dealkylation sites (tertiary alicyclic amines) is 2. The summed E-state index contributed by atoms with van der Waals surface area (Å²) < 4.78 is 5.28. The quantitative estimate of drug-likeness (QED) is 0.862. The molecule has 0 aromatic heterocycles. The second kappa shape index (κ2) is 9.20. The van der Waals surface area contributed by atoms with Crippen molar-refractivity contribution >= 4 is 6.03 Å². The Bertz CT molecular complexity index is 529. The summed E-state index contributed by atoms with van der Waals surface area (Å²) in [6.07, 6.45) is 4.73. The largest absolute Gasteiger partial charge is 0.384 e. The maximum absolute atomic E-state index is 12.9. The molecule has 0 unspecified atom stereocenters. The topological polar surface area (TPSA) is 44.8 Å². The molecule has 0 aliphatic carbocycles. The van der Waals surface area contributed by atoms with Crippen LogP contribution in [0.3, 0.4) is 0 Å². The minimum atomic E-state index is 0.0506. The summed E-state index contributed by atoms with van der Waals surface area (Å²) in [6.45, 7) is 5.55. The molecule has 0 bridgehead atoms. The Labute approximate surface area is 151 Å². The van der Waals surface area contributed by atoms with E-state index < -0.39 is 0 Å². The number of urea groups is 1. The Balaban J connectivity index is 1.63. The summed E-state index contributed by atoms with van der Waals surface area (Å²) in [7, 11) is 1.74. The molecule has 2 saturated heterocycles. The molecule has 1 N–H and O–H groups in total. The van der Waals surface area contributed by atoms with Gasteiger partial charge in [-0.2, -0.15) is 0 Å². The van der Waals surface area contributed by atoms with Crippen molar-refractivity contribution < 1.29 is 9.53 Å². The van der Waals surface area contributed by atoms with E-state index in [1.807, 2.05) is 23.1 Å². The molecular formula is C20H31N3O2. The average molecular weight is 345 g/mol. The van der Waals surface area contributed by atoms with E-state index in [2.05, 4.69) is 22.3 Å². The zero-order valence-corrected chi connectivity index (χ0v) is 15.3. The number of carbonyl (C=O) groups is 1. The fraction of sp³-hybridized carbons (Fsp3) is 0.650. The lowest BCUT2D eigenvalue weighted by Crippen LogP contribution is -2.48. The molecule has 0 radical (unpaired) electrons. The Morgan fingerprint density at radius 1 is 1.20 bits per heavy atom. The number of hydrogen-bond acceptors (Lipinski definition) is 3. The molecule has 3 rings (SSSR count). The number of rotatable bonds is 6. The Hall–Kier alpha value is -1.59. The molecule has 2 aliphatic rings. The lowest BCUT2D eigenvalue weighted by atomic mass is 9.99. The average Bonchev–Trinajstić information content (AvgIpc) is 3.15. The minimum Gasteiger partial charge on any atom is -0.384 e. The molecule has 0 saturated carbocycles. The Morgan fingerprint density at radius 2 is 1.96 bits per heavy atom. The van der Waals surface area contributed by atoms with Gasteiger partial charge in [-0.3, -0.25) is 0 Å². The van der Waals surface area contributed by atoms with Gasteiger partial charge in [-0.05, 0) is 44.3 Å². The van der Waals surface area contributed by atoms with Crippen LogP contribution in [-0.2, 0) is 4.74 Å². The van der Waals surface area contributed by atoms with Crippen molar-refractivity contribution in [3.63, 3.8) is 0 Å². The maximum Gasteiger partial charge on any atom is 0.317 e. The highest BCUT2D eigenvalue weighted by atomic mass is 16.5. The van der Waals surface area contributed by atoms with Gasteiger partial charge >= 0.3 is 6.03 Å². The molecule has 1 aromatic carbocycles. The number of carbonyl (C=O) groups excluding carboxylic acids is 1. The van der Waals surface area contributed by atoms with E-state index >= 15 is 0 Å². The van der Waals surface area contributed by atoms with Crippen LogP contribution in [0, 0.1) is 5.92 Å². The highest BCUT2D eigenvalue weighted by Crippen LogP contribution is 2.20. The summed E-state index contributed by atoms with van der Waals surface area (Å²) >= 11 is 0. The van der Waals surface area contributed by atoms with Crippen LogP contribution in [0.15, 0.2) is 30.3 Å². The molecule has 5 heteroatoms. The third kappa shape index (κ3) is 5.19. The summed E-state index contributed by atoms with van der Waals surface area (Å²) in [4.78, 5) is 17.3. The second-order valence-electron chi connectivity index (χ2n) is 7.33. The van der Waals surface area contributed by atoms with E-state index in [9.17, 15) is 4.79 Å². The fourth-order valence-corrected chi connectivity index (χ4v) is 4.00. The predicted molar refractivity (Wildman–Crippen MR) is 99.6 cm³/mol. The number of nitrogens with zero attached hydrogens (tertiary/aromatic N) is 2. The van der Waals surface area contributed by atoms with Gasteiger partial charge in [-0.15, -0.1) is 0 Å². The number of benzene rings is 1. The van der Waals surface area contributed by atoms with Crippen LogP contribution in [0.1, 0.15) is 37.3 Å². The molecule has 1 aromatic rings. The van der Waals surface area contributed by atoms with Gasteiger partial charge in [-0.25, -0.2) is 4.79 Å². The summed E-state index contributed by atoms with van der Waals surface area (Å²) in [5.74, 6) is 0.457. The highest BCUT2D eigenvalue weighted by molar-refractivity contribution is 5.75. The molecule has 2 amide bonds. The van der Waals surface area contributed by atoms with Gasteiger partial charge in [0.1, 0.15) is 0 Å². The molecule has 2 fully saturated rings. The predicted octanol–water partition coefficient (Wildman–Crippen LogP) is 2.89. The Kier molecular flexibility index (Phi) is 6.70. The van der Waals surface area contributed by atoms with Gasteiger partial charge in [0, 0.05) is 32.7 Å². The van der Waals surface area contributed by atoms with E-state index in [1.54, 1.807) is 7.11 Å². The molecule has 5 nitrogen and oxygen atoms in total. The van der Waals surface area contributed by atoms with Crippen LogP contribution >= 0.6 is 0 Å². The van der Waals surface area contributed by atoms with Crippen molar-refractivity contribution in [3.8, 4) is 0 Å². The maximum atomic E-state index is 12.9. The summed E-state index contributed by atoms with van der Waals surface area (Å²) in [6, 6.07) is 10.5. The van der Waals surface area contributed by atoms with E-state index in [0.29, 0.717) is 5.92 Å². The first-order valence-corrected chi connectivity index (χ1v) is 9.58. The molecule has 2 atom stereocenters. The van der Waals surface area contributed by atoms with Gasteiger partial charge < -0.3 is 19.9 Å². The summed E-state index contributed by atoms with van der Waals surface area (Å²) in [5.41, 5.74) is 1.19. The number of hydrogen-bond donors (Lipinski definition) is 1. The molecule has 138 valence electrons. The third-order valence-electron chi connectivity index (χ3n) is 5.35. The van der Waals surface area contributed by atoms with Gasteiger partial charge in [0.25, 0.3) is 0 Å². The zero-order chi connectivity index (χ0) is 17.5. The highest BCUT2D eigenvalue weighted by Gasteiger charge is 2.26. The van der Waals surface area contributed by atoms with Gasteiger partial charge in [-0.1, -0.05) is 30.3 Å². The van der Waals surface area contributed by atoms with E-state index in [4.69, 9.17) is 4.74 Å². The van der Waals surface area contributed by atoms with Crippen molar-refractivity contribution in [3.05, 3.63) is 35.9 Å². The monoisotopic (exact) mass is 345 g/mol. The van der Waals surface area contributed by atoms with E-state index in [-0.39, 0.29) is 12.1 Å². The number of piperidine rings is 1. The Morgan fingerprint density at radius 3 is 2.68 bits per heavy atom. The molecule has 0 spiro atoms. The van der Waals surface area contributed by atoms with Crippen molar-refractivity contribution in [2.75, 3.05) is 46.4 Å². The lowest BCUT2D eigenvalue weighted by Gasteiger charge is -2.34. The first kappa shape index (κ1) is 18.2. The van der Waals surface area contributed by atoms with Crippen molar-refractivity contribution in [2.24, 2.45) is 5.92 Å². The van der Waals surface area contributed by atoms with Gasteiger partial charge in [0.2, 0.25) is 0 Å². The summed E-state index contributed by atoms with van der Waals surface area (Å²) in [5, 5.41) is 3.30. The van der Waals surface area contributed by atoms with Gasteiger partial charge in [0.15, 0.2) is 0 Å². The van der Waals surface area contributed by atoms with Crippen molar-refractivity contribution in [1.29, 1.82) is 0 Å². The third-order valence-corrected chi connectivity index (χ3v) is 5.35. The smallest absolute Gasteiger partial charge is 0.317 e. The standard InChI is InChI=1S/C20H31N3O2/c1-25-16-17-8-7-13-23(14-17)20(24)21-19(15-22-11-5-6-12-22)18-9-3-2-4-10-18/h2-4,9-10,17,19H,5-8,11-16H2,1H3,(H,21,24)/t17-,19-/m0/s1. The SMILES string of the molecule is COC[C@H]1CCCN(C(=O)N[C@@H](CN2CCCC2)c2ccccc2)C1. The zero-order valence-electron chi connectivity index (χ0n) is 15.3. The fourth-order valence-electron chi connectivity index (χ4n) is 4.00. The van der Waals surface area contributed by atoms with E-state index in [1.165, 1.54) is 18.4 Å². The van der Waals surface area contributed by atoms with Crippen LogP contribution < -0.4 is 5.32 Å². The second-order valence-corrected chi connectivity index (χ2v) is 7.33. The number of nitrogens with one attached hydrogen (secondary N) is 1. The first-order chi connectivity index (χ1) is 12.3. The molecule has 2 aliphatic heterocycles. The lowest BCUT2D eigenvalue weighted by molar-refractivity contribution is 0.0990. The van der Waals surface area contributed by atoms with E-state index in [0.717, 1.165) is 52.2 Å². The number of ether oxygens (including phenoxy) is 1. The van der Waals surface area contributed by atoms with Crippen molar-refractivity contribution in [2.45, 2.75) is 31.7 Å². The minimum absolute atomic E-state index is 0.0506. The number of amides is 2. The van der Waals surface area contributed by atoms with Crippen LogP contribution in [0.2, 0.25) is 0 Å². The molecular weight excluding hydrogens is 314 g/mol. The van der Waals surface area contributed by atoms with Crippen LogP contribution in [0.5, 0.6) is 0 Å². The van der Waals surface area contributed by atoms with Crippen LogP contribution in [0.25, 0.3) is 0 Å². The first-order valence-electron chi connectivity index (χ1n) is 9.58. The normalized spacial score (nSPS) is 22.8.